The molecular formula is C17H17N5O3. The zero-order valence-electron chi connectivity index (χ0n) is 13.5. The molecule has 8 heteroatoms. The molecule has 1 aromatic carbocycles. The van der Waals surface area contributed by atoms with E-state index in [-0.39, 0.29) is 23.9 Å². The minimum Gasteiger partial charge on any atom is -0.379 e. The number of nitrogens with one attached hydrogen (secondary N) is 1. The van der Waals surface area contributed by atoms with E-state index in [9.17, 15) is 9.59 Å². The topological polar surface area (TPSA) is 87.7 Å². The molecule has 25 heavy (non-hydrogen) atoms. The van der Waals surface area contributed by atoms with Gasteiger partial charge < -0.3 is 10.1 Å². The highest BCUT2D eigenvalue weighted by atomic mass is 16.5. The van der Waals surface area contributed by atoms with Crippen molar-refractivity contribution in [3.63, 3.8) is 0 Å². The summed E-state index contributed by atoms with van der Waals surface area (Å²) in [6.07, 6.45) is 2.77. The van der Waals surface area contributed by atoms with Crippen LogP contribution in [0.15, 0.2) is 36.8 Å². The Morgan fingerprint density at radius 2 is 2.04 bits per heavy atom. The van der Waals surface area contributed by atoms with Crippen molar-refractivity contribution in [3.05, 3.63) is 42.4 Å². The minimum absolute atomic E-state index is 0.147. The quantitative estimate of drug-likeness (QED) is 0.880. The number of morpholine rings is 1. The van der Waals surface area contributed by atoms with Gasteiger partial charge in [0.2, 0.25) is 5.91 Å². The summed E-state index contributed by atoms with van der Waals surface area (Å²) in [5.74, 6) is -0.175. The molecule has 0 bridgehead atoms. The number of fused-ring (bicyclic) bond motifs is 2. The Morgan fingerprint density at radius 3 is 2.88 bits per heavy atom. The van der Waals surface area contributed by atoms with Gasteiger partial charge in [-0.1, -0.05) is 12.1 Å². The molecule has 0 atom stereocenters. The van der Waals surface area contributed by atoms with Crippen molar-refractivity contribution >= 4 is 29.0 Å². The van der Waals surface area contributed by atoms with Gasteiger partial charge in [-0.05, 0) is 12.1 Å². The molecule has 0 unspecified atom stereocenters. The van der Waals surface area contributed by atoms with E-state index in [0.717, 1.165) is 0 Å². The summed E-state index contributed by atoms with van der Waals surface area (Å²) in [7, 11) is 0. The van der Waals surface area contributed by atoms with Gasteiger partial charge in [-0.25, -0.2) is 9.97 Å². The maximum atomic E-state index is 13.1. The van der Waals surface area contributed by atoms with Crippen LogP contribution in [0.1, 0.15) is 10.4 Å². The van der Waals surface area contributed by atoms with Crippen molar-refractivity contribution in [2.24, 2.45) is 0 Å². The molecule has 0 radical (unpaired) electrons. The van der Waals surface area contributed by atoms with Gasteiger partial charge in [0.1, 0.15) is 11.9 Å². The van der Waals surface area contributed by atoms with Gasteiger partial charge in [-0.15, -0.1) is 0 Å². The fraction of sp³-hybridized carbons (Fsp3) is 0.294. The van der Waals surface area contributed by atoms with Gasteiger partial charge in [0.15, 0.2) is 5.82 Å². The first kappa shape index (κ1) is 15.7. The van der Waals surface area contributed by atoms with Crippen molar-refractivity contribution in [2.45, 2.75) is 0 Å². The molecule has 0 saturated carbocycles. The summed E-state index contributed by atoms with van der Waals surface area (Å²) < 4.78 is 5.33. The van der Waals surface area contributed by atoms with E-state index < -0.39 is 0 Å². The summed E-state index contributed by atoms with van der Waals surface area (Å²) in [4.78, 5) is 37.2. The van der Waals surface area contributed by atoms with Gasteiger partial charge in [-0.2, -0.15) is 0 Å². The van der Waals surface area contributed by atoms with Crippen molar-refractivity contribution in [1.82, 2.24) is 14.9 Å². The number of ether oxygens (including phenoxy) is 1. The lowest BCUT2D eigenvalue weighted by Crippen LogP contribution is -2.43. The standard InChI is InChI=1S/C17H17N5O3/c23-15(10-21-5-7-25-8-6-21)22-14-4-2-1-3-13(14)20-17(24)12-9-18-11-19-16(12)22/h1-4,9,11H,5-8,10H2,(H,20,24). The van der Waals surface area contributed by atoms with Crippen LogP contribution in [-0.4, -0.2) is 59.5 Å². The van der Waals surface area contributed by atoms with Crippen LogP contribution in [0.25, 0.3) is 0 Å². The van der Waals surface area contributed by atoms with E-state index in [1.165, 1.54) is 17.4 Å². The molecule has 0 spiro atoms. The number of rotatable bonds is 2. The Bertz CT molecular complexity index is 819. The molecule has 8 nitrogen and oxygen atoms in total. The lowest BCUT2D eigenvalue weighted by atomic mass is 10.2. The molecule has 1 N–H and O–H groups in total. The second kappa shape index (κ2) is 6.58. The first-order valence-corrected chi connectivity index (χ1v) is 8.07. The van der Waals surface area contributed by atoms with Crippen LogP contribution < -0.4 is 10.2 Å². The largest absolute Gasteiger partial charge is 0.379 e. The average molecular weight is 339 g/mol. The number of nitrogens with zero attached hydrogens (tertiary/aromatic N) is 4. The van der Waals surface area contributed by atoms with Gasteiger partial charge in [0.05, 0.1) is 31.1 Å². The lowest BCUT2D eigenvalue weighted by molar-refractivity contribution is -0.120. The molecule has 1 aromatic heterocycles. The van der Waals surface area contributed by atoms with E-state index in [1.54, 1.807) is 12.1 Å². The third kappa shape index (κ3) is 2.97. The fourth-order valence-electron chi connectivity index (χ4n) is 3.01. The molecule has 4 rings (SSSR count). The smallest absolute Gasteiger partial charge is 0.261 e. The van der Waals surface area contributed by atoms with E-state index >= 15 is 0 Å². The molecular weight excluding hydrogens is 322 g/mol. The lowest BCUT2D eigenvalue weighted by Gasteiger charge is -2.29. The molecule has 1 saturated heterocycles. The molecule has 2 aromatic rings. The first-order valence-electron chi connectivity index (χ1n) is 8.07. The molecule has 128 valence electrons. The highest BCUT2D eigenvalue weighted by molar-refractivity contribution is 6.17. The van der Waals surface area contributed by atoms with E-state index in [0.29, 0.717) is 43.5 Å². The van der Waals surface area contributed by atoms with Crippen LogP contribution in [0, 0.1) is 0 Å². The number of hydrogen-bond acceptors (Lipinski definition) is 6. The van der Waals surface area contributed by atoms with E-state index in [1.807, 2.05) is 17.0 Å². The third-order valence-corrected chi connectivity index (χ3v) is 4.25. The zero-order valence-corrected chi connectivity index (χ0v) is 13.5. The maximum Gasteiger partial charge on any atom is 0.261 e. The van der Waals surface area contributed by atoms with Crippen LogP contribution >= 0.6 is 0 Å². The number of anilines is 3. The molecule has 2 aliphatic heterocycles. The maximum absolute atomic E-state index is 13.1. The highest BCUT2D eigenvalue weighted by Crippen LogP contribution is 2.36. The van der Waals surface area contributed by atoms with Crippen molar-refractivity contribution in [3.8, 4) is 0 Å². The van der Waals surface area contributed by atoms with Crippen LogP contribution in [0.5, 0.6) is 0 Å². The summed E-state index contributed by atoms with van der Waals surface area (Å²) in [5.41, 5.74) is 1.45. The zero-order chi connectivity index (χ0) is 17.2. The second-order valence-corrected chi connectivity index (χ2v) is 5.85. The van der Waals surface area contributed by atoms with Crippen LogP contribution in [0.2, 0.25) is 0 Å². The first-order chi connectivity index (χ1) is 12.2. The molecule has 1 fully saturated rings. The predicted molar refractivity (Wildman–Crippen MR) is 90.8 cm³/mol. The summed E-state index contributed by atoms with van der Waals surface area (Å²) in [5, 5.41) is 2.82. The van der Waals surface area contributed by atoms with E-state index in [2.05, 4.69) is 15.3 Å². The molecule has 2 aliphatic rings. The third-order valence-electron chi connectivity index (χ3n) is 4.25. The molecule has 3 heterocycles. The molecule has 2 amide bonds. The number of amides is 2. The fourth-order valence-corrected chi connectivity index (χ4v) is 3.01. The van der Waals surface area contributed by atoms with Crippen molar-refractivity contribution in [1.29, 1.82) is 0 Å². The Hall–Kier alpha value is -2.84. The van der Waals surface area contributed by atoms with Crippen LogP contribution in [0.3, 0.4) is 0 Å². The number of para-hydroxylation sites is 2. The Balaban J connectivity index is 1.75. The monoisotopic (exact) mass is 339 g/mol. The second-order valence-electron chi connectivity index (χ2n) is 5.85. The Labute approximate surface area is 144 Å². The summed E-state index contributed by atoms with van der Waals surface area (Å²) >= 11 is 0. The highest BCUT2D eigenvalue weighted by Gasteiger charge is 2.31. The Kier molecular flexibility index (Phi) is 4.12. The van der Waals surface area contributed by atoms with Gasteiger partial charge in [0.25, 0.3) is 5.91 Å². The van der Waals surface area contributed by atoms with Gasteiger partial charge in [0, 0.05) is 19.3 Å². The average Bonchev–Trinajstić information content (AvgIpc) is 2.76. The number of carbonyl (C=O) groups is 2. The minimum atomic E-state index is -0.329. The van der Waals surface area contributed by atoms with Crippen molar-refractivity contribution in [2.75, 3.05) is 43.1 Å². The normalized spacial score (nSPS) is 17.3. The summed E-state index contributed by atoms with van der Waals surface area (Å²) in [6, 6.07) is 7.20. The van der Waals surface area contributed by atoms with Crippen LogP contribution in [-0.2, 0) is 9.53 Å². The summed E-state index contributed by atoms with van der Waals surface area (Å²) in [6.45, 7) is 2.87. The predicted octanol–water partition coefficient (Wildman–Crippen LogP) is 1.04. The van der Waals surface area contributed by atoms with E-state index in [4.69, 9.17) is 4.74 Å². The molecule has 0 aliphatic carbocycles. The van der Waals surface area contributed by atoms with Crippen molar-refractivity contribution < 1.29 is 14.3 Å². The van der Waals surface area contributed by atoms with Crippen LogP contribution in [0.4, 0.5) is 17.2 Å². The number of hydrogen-bond donors (Lipinski definition) is 1. The number of aromatic nitrogens is 2. The number of carbonyl (C=O) groups excluding carboxylic acids is 2. The van der Waals surface area contributed by atoms with Gasteiger partial charge in [-0.3, -0.25) is 19.4 Å². The number of benzene rings is 1. The van der Waals surface area contributed by atoms with Gasteiger partial charge >= 0.3 is 0 Å². The SMILES string of the molecule is O=C1Nc2ccccc2N(C(=O)CN2CCOCC2)c2ncncc21. The Morgan fingerprint density at radius 1 is 1.24 bits per heavy atom.